The number of hydrogen-bond donors (Lipinski definition) is 3. The molecule has 0 atom stereocenters. The molecule has 0 bridgehead atoms. The highest BCUT2D eigenvalue weighted by molar-refractivity contribution is 7.21. The molecule has 0 fully saturated rings. The van der Waals surface area contributed by atoms with Gasteiger partial charge in [0.05, 0.1) is 23.1 Å². The molecule has 7 nitrogen and oxygen atoms in total. The van der Waals surface area contributed by atoms with E-state index in [4.69, 9.17) is 5.73 Å². The summed E-state index contributed by atoms with van der Waals surface area (Å²) < 4.78 is 0. The first-order valence-electron chi connectivity index (χ1n) is 7.31. The monoisotopic (exact) mass is 338 g/mol. The van der Waals surface area contributed by atoms with Crippen molar-refractivity contribution in [2.45, 2.75) is 13.8 Å². The predicted octanol–water partition coefficient (Wildman–Crippen LogP) is 3.02. The van der Waals surface area contributed by atoms with Crippen LogP contribution in [0.2, 0.25) is 0 Å². The van der Waals surface area contributed by atoms with Crippen molar-refractivity contribution in [3.63, 3.8) is 0 Å². The van der Waals surface area contributed by atoms with Gasteiger partial charge in [0, 0.05) is 16.5 Å². The molecule has 0 aliphatic carbocycles. The highest BCUT2D eigenvalue weighted by Crippen LogP contribution is 2.35. The number of carbonyl (C=O) groups is 1. The molecule has 4 aromatic rings. The van der Waals surface area contributed by atoms with Gasteiger partial charge in [-0.3, -0.25) is 9.89 Å². The fourth-order valence-corrected chi connectivity index (χ4v) is 3.61. The van der Waals surface area contributed by atoms with Crippen LogP contribution in [0.3, 0.4) is 0 Å². The molecular formula is C16H14N6OS. The number of thiophene rings is 1. The minimum absolute atomic E-state index is 0.258. The van der Waals surface area contributed by atoms with Gasteiger partial charge in [0.1, 0.15) is 9.71 Å². The average Bonchev–Trinajstić information content (AvgIpc) is 3.15. The van der Waals surface area contributed by atoms with E-state index in [9.17, 15) is 4.79 Å². The van der Waals surface area contributed by atoms with E-state index in [2.05, 4.69) is 25.7 Å². The van der Waals surface area contributed by atoms with Crippen molar-refractivity contribution >= 4 is 49.7 Å². The summed E-state index contributed by atoms with van der Waals surface area (Å²) in [4.78, 5) is 13.7. The number of carbonyl (C=O) groups excluding carboxylic acids is 1. The molecule has 0 spiro atoms. The molecule has 24 heavy (non-hydrogen) atoms. The number of hydrogen-bond acceptors (Lipinski definition) is 6. The SMILES string of the molecule is Cc1nnc2sc(C(=O)Nc3ccc4cn[nH]c4c3)c(N)c2c1C. The van der Waals surface area contributed by atoms with Crippen molar-refractivity contribution in [1.82, 2.24) is 20.4 Å². The van der Waals surface area contributed by atoms with Crippen LogP contribution in [0, 0.1) is 13.8 Å². The predicted molar refractivity (Wildman–Crippen MR) is 95.3 cm³/mol. The third-order valence-corrected chi connectivity index (χ3v) is 5.13. The number of aromatic amines is 1. The number of nitrogens with two attached hydrogens (primary N) is 1. The smallest absolute Gasteiger partial charge is 0.267 e. The topological polar surface area (TPSA) is 110 Å². The Morgan fingerprint density at radius 2 is 2.12 bits per heavy atom. The van der Waals surface area contributed by atoms with Gasteiger partial charge in [0.25, 0.3) is 5.91 Å². The summed E-state index contributed by atoms with van der Waals surface area (Å²) in [5, 5.41) is 19.7. The first kappa shape index (κ1) is 14.6. The van der Waals surface area contributed by atoms with Crippen LogP contribution in [0.1, 0.15) is 20.9 Å². The summed E-state index contributed by atoms with van der Waals surface area (Å²) in [6, 6.07) is 5.55. The second-order valence-electron chi connectivity index (χ2n) is 5.56. The molecule has 0 radical (unpaired) electrons. The Labute approximate surface area is 140 Å². The van der Waals surface area contributed by atoms with Crippen LogP contribution in [0.15, 0.2) is 24.4 Å². The zero-order chi connectivity index (χ0) is 16.8. The molecule has 4 N–H and O–H groups in total. The average molecular weight is 338 g/mol. The van der Waals surface area contributed by atoms with E-state index >= 15 is 0 Å². The van der Waals surface area contributed by atoms with E-state index in [0.29, 0.717) is 21.1 Å². The molecule has 8 heteroatoms. The molecule has 3 heterocycles. The number of H-pyrrole nitrogens is 1. The lowest BCUT2D eigenvalue weighted by atomic mass is 10.1. The van der Waals surface area contributed by atoms with E-state index in [-0.39, 0.29) is 5.91 Å². The molecule has 3 aromatic heterocycles. The Hall–Kier alpha value is -3.00. The van der Waals surface area contributed by atoms with Gasteiger partial charge < -0.3 is 11.1 Å². The van der Waals surface area contributed by atoms with Crippen LogP contribution in [-0.2, 0) is 0 Å². The van der Waals surface area contributed by atoms with Gasteiger partial charge in [-0.2, -0.15) is 10.2 Å². The number of amides is 1. The van der Waals surface area contributed by atoms with Gasteiger partial charge in [0.15, 0.2) is 0 Å². The largest absolute Gasteiger partial charge is 0.397 e. The van der Waals surface area contributed by atoms with Gasteiger partial charge in [-0.1, -0.05) is 0 Å². The van der Waals surface area contributed by atoms with E-state index in [1.54, 1.807) is 6.20 Å². The number of fused-ring (bicyclic) bond motifs is 2. The molecule has 120 valence electrons. The molecule has 1 amide bonds. The second kappa shape index (κ2) is 5.27. The summed E-state index contributed by atoms with van der Waals surface area (Å²) >= 11 is 1.25. The Morgan fingerprint density at radius 3 is 2.96 bits per heavy atom. The lowest BCUT2D eigenvalue weighted by Crippen LogP contribution is -2.11. The summed E-state index contributed by atoms with van der Waals surface area (Å²) in [6.45, 7) is 3.81. The third kappa shape index (κ3) is 2.19. The van der Waals surface area contributed by atoms with Gasteiger partial charge in [-0.05, 0) is 37.6 Å². The number of rotatable bonds is 2. The van der Waals surface area contributed by atoms with Crippen molar-refractivity contribution in [3.8, 4) is 0 Å². The Morgan fingerprint density at radius 1 is 1.29 bits per heavy atom. The normalized spacial score (nSPS) is 11.2. The van der Waals surface area contributed by atoms with Crippen LogP contribution in [0.5, 0.6) is 0 Å². The van der Waals surface area contributed by atoms with Crippen molar-refractivity contribution in [2.75, 3.05) is 11.1 Å². The van der Waals surface area contributed by atoms with Crippen LogP contribution < -0.4 is 11.1 Å². The molecule has 0 unspecified atom stereocenters. The van der Waals surface area contributed by atoms with Crippen molar-refractivity contribution in [2.24, 2.45) is 0 Å². The first-order valence-corrected chi connectivity index (χ1v) is 8.12. The minimum Gasteiger partial charge on any atom is -0.397 e. The third-order valence-electron chi connectivity index (χ3n) is 4.04. The molecule has 0 saturated carbocycles. The van der Waals surface area contributed by atoms with E-state index < -0.39 is 0 Å². The van der Waals surface area contributed by atoms with Crippen LogP contribution >= 0.6 is 11.3 Å². The van der Waals surface area contributed by atoms with Crippen LogP contribution in [-0.4, -0.2) is 26.3 Å². The van der Waals surface area contributed by atoms with Gasteiger partial charge >= 0.3 is 0 Å². The molecule has 0 saturated heterocycles. The van der Waals surface area contributed by atoms with Crippen molar-refractivity contribution < 1.29 is 4.79 Å². The molecule has 4 rings (SSSR count). The van der Waals surface area contributed by atoms with Gasteiger partial charge in [-0.15, -0.1) is 16.4 Å². The maximum atomic E-state index is 12.6. The number of nitrogens with zero attached hydrogens (tertiary/aromatic N) is 3. The number of aryl methyl sites for hydroxylation is 2. The highest BCUT2D eigenvalue weighted by atomic mass is 32.1. The number of anilines is 2. The van der Waals surface area contributed by atoms with Crippen LogP contribution in [0.4, 0.5) is 11.4 Å². The second-order valence-corrected chi connectivity index (χ2v) is 6.56. The van der Waals surface area contributed by atoms with Gasteiger partial charge in [0.2, 0.25) is 0 Å². The Kier molecular flexibility index (Phi) is 3.20. The summed E-state index contributed by atoms with van der Waals surface area (Å²) in [5.74, 6) is -0.258. The molecule has 1 aromatic carbocycles. The van der Waals surface area contributed by atoms with Crippen molar-refractivity contribution in [1.29, 1.82) is 0 Å². The zero-order valence-electron chi connectivity index (χ0n) is 13.0. The quantitative estimate of drug-likeness (QED) is 0.520. The minimum atomic E-state index is -0.258. The first-order chi connectivity index (χ1) is 11.5. The Balaban J connectivity index is 1.72. The summed E-state index contributed by atoms with van der Waals surface area (Å²) in [7, 11) is 0. The number of benzene rings is 1. The fraction of sp³-hybridized carbons (Fsp3) is 0.125. The molecule has 0 aliphatic rings. The highest BCUT2D eigenvalue weighted by Gasteiger charge is 2.20. The van der Waals surface area contributed by atoms with Crippen LogP contribution in [0.25, 0.3) is 21.1 Å². The van der Waals surface area contributed by atoms with E-state index in [0.717, 1.165) is 27.5 Å². The lowest BCUT2D eigenvalue weighted by molar-refractivity contribution is 0.103. The zero-order valence-corrected chi connectivity index (χ0v) is 13.9. The number of aromatic nitrogens is 4. The fourth-order valence-electron chi connectivity index (χ4n) is 2.61. The van der Waals surface area contributed by atoms with Crippen molar-refractivity contribution in [3.05, 3.63) is 40.5 Å². The molecule has 0 aliphatic heterocycles. The van der Waals surface area contributed by atoms with E-state index in [1.165, 1.54) is 11.3 Å². The van der Waals surface area contributed by atoms with Gasteiger partial charge in [-0.25, -0.2) is 0 Å². The maximum Gasteiger partial charge on any atom is 0.267 e. The summed E-state index contributed by atoms with van der Waals surface area (Å²) in [6.07, 6.45) is 1.73. The maximum absolute atomic E-state index is 12.6. The number of nitrogens with one attached hydrogen (secondary N) is 2. The molecular weight excluding hydrogens is 324 g/mol. The standard InChI is InChI=1S/C16H14N6OS/c1-7-8(2)20-22-16-12(7)13(17)14(24-16)15(23)19-10-4-3-9-6-18-21-11(9)5-10/h3-6H,17H2,1-2H3,(H,18,21)(H,19,23). The lowest BCUT2D eigenvalue weighted by Gasteiger charge is -2.05. The Bertz CT molecular complexity index is 1100. The van der Waals surface area contributed by atoms with E-state index in [1.807, 2.05) is 32.0 Å². The number of nitrogen functional groups attached to an aromatic ring is 1. The summed E-state index contributed by atoms with van der Waals surface area (Å²) in [5.41, 5.74) is 9.94.